The zero-order chi connectivity index (χ0) is 14.8. The second-order valence-corrected chi connectivity index (χ2v) is 5.46. The normalized spacial score (nSPS) is 10.6. The maximum atomic E-state index is 11.3. The van der Waals surface area contributed by atoms with Gasteiger partial charge in [-0.3, -0.25) is 0 Å². The fraction of sp³-hybridized carbons (Fsp3) is 0.588. The molecule has 0 saturated carbocycles. The standard InChI is InChI=1S/C17H26O3/c1-14(2)8-6-4-5-7-13-20-16-11-9-15(10-12-16)17(18)19-3/h9-12,14H,4-8,13H2,1-3H3. The van der Waals surface area contributed by atoms with Crippen molar-refractivity contribution in [1.29, 1.82) is 0 Å². The van der Waals surface area contributed by atoms with Gasteiger partial charge in [0.25, 0.3) is 0 Å². The number of rotatable bonds is 9. The van der Waals surface area contributed by atoms with Crippen LogP contribution in [0.4, 0.5) is 0 Å². The second-order valence-electron chi connectivity index (χ2n) is 5.46. The van der Waals surface area contributed by atoms with Crippen molar-refractivity contribution in [1.82, 2.24) is 0 Å². The van der Waals surface area contributed by atoms with E-state index in [4.69, 9.17) is 4.74 Å². The summed E-state index contributed by atoms with van der Waals surface area (Å²) < 4.78 is 10.3. The molecule has 0 aliphatic rings. The molecule has 20 heavy (non-hydrogen) atoms. The summed E-state index contributed by atoms with van der Waals surface area (Å²) in [4.78, 5) is 11.3. The van der Waals surface area contributed by atoms with Gasteiger partial charge in [0.05, 0.1) is 19.3 Å². The highest BCUT2D eigenvalue weighted by Gasteiger charge is 2.04. The predicted octanol–water partition coefficient (Wildman–Crippen LogP) is 4.46. The monoisotopic (exact) mass is 278 g/mol. The molecular weight excluding hydrogens is 252 g/mol. The highest BCUT2D eigenvalue weighted by Crippen LogP contribution is 2.14. The lowest BCUT2D eigenvalue weighted by Gasteiger charge is -2.07. The Morgan fingerprint density at radius 2 is 1.70 bits per heavy atom. The van der Waals surface area contributed by atoms with Crippen molar-refractivity contribution in [2.75, 3.05) is 13.7 Å². The van der Waals surface area contributed by atoms with Crippen LogP contribution in [0.25, 0.3) is 0 Å². The third kappa shape index (κ3) is 6.60. The van der Waals surface area contributed by atoms with Gasteiger partial charge in [-0.2, -0.15) is 0 Å². The van der Waals surface area contributed by atoms with Gasteiger partial charge in [-0.05, 0) is 36.6 Å². The van der Waals surface area contributed by atoms with Gasteiger partial charge < -0.3 is 9.47 Å². The van der Waals surface area contributed by atoms with E-state index in [0.717, 1.165) is 24.7 Å². The van der Waals surface area contributed by atoms with E-state index >= 15 is 0 Å². The maximum absolute atomic E-state index is 11.3. The number of carbonyl (C=O) groups excluding carboxylic acids is 1. The molecule has 0 spiro atoms. The zero-order valence-corrected chi connectivity index (χ0v) is 12.9. The Kier molecular flexibility index (Phi) is 7.78. The molecule has 1 aromatic carbocycles. The molecule has 0 aliphatic heterocycles. The minimum atomic E-state index is -0.318. The van der Waals surface area contributed by atoms with Crippen LogP contribution in [0.5, 0.6) is 5.75 Å². The van der Waals surface area contributed by atoms with Gasteiger partial charge in [-0.15, -0.1) is 0 Å². The van der Waals surface area contributed by atoms with E-state index in [2.05, 4.69) is 18.6 Å². The molecule has 0 unspecified atom stereocenters. The summed E-state index contributed by atoms with van der Waals surface area (Å²) in [6.07, 6.45) is 6.20. The lowest BCUT2D eigenvalue weighted by Crippen LogP contribution is -2.01. The molecule has 112 valence electrons. The summed E-state index contributed by atoms with van der Waals surface area (Å²) in [6.45, 7) is 5.27. The summed E-state index contributed by atoms with van der Waals surface area (Å²) in [5, 5.41) is 0. The Morgan fingerprint density at radius 3 is 2.30 bits per heavy atom. The maximum Gasteiger partial charge on any atom is 0.337 e. The average molecular weight is 278 g/mol. The molecular formula is C17H26O3. The molecule has 0 aromatic heterocycles. The van der Waals surface area contributed by atoms with E-state index in [1.54, 1.807) is 12.1 Å². The van der Waals surface area contributed by atoms with Gasteiger partial charge in [-0.1, -0.05) is 39.5 Å². The number of carbonyl (C=O) groups is 1. The SMILES string of the molecule is COC(=O)c1ccc(OCCCCCCC(C)C)cc1. The first-order chi connectivity index (χ1) is 9.63. The van der Waals surface area contributed by atoms with Crippen LogP contribution >= 0.6 is 0 Å². The van der Waals surface area contributed by atoms with Crippen molar-refractivity contribution < 1.29 is 14.3 Å². The number of hydrogen-bond acceptors (Lipinski definition) is 3. The molecule has 1 rings (SSSR count). The van der Waals surface area contributed by atoms with Crippen molar-refractivity contribution in [3.63, 3.8) is 0 Å². The number of hydrogen-bond donors (Lipinski definition) is 0. The third-order valence-electron chi connectivity index (χ3n) is 3.22. The van der Waals surface area contributed by atoms with Crippen LogP contribution in [-0.4, -0.2) is 19.7 Å². The van der Waals surface area contributed by atoms with Crippen LogP contribution < -0.4 is 4.74 Å². The molecule has 0 radical (unpaired) electrons. The smallest absolute Gasteiger partial charge is 0.337 e. The minimum absolute atomic E-state index is 0.318. The summed E-state index contributed by atoms with van der Waals surface area (Å²) in [5.74, 6) is 1.29. The topological polar surface area (TPSA) is 35.5 Å². The van der Waals surface area contributed by atoms with Crippen LogP contribution in [0.3, 0.4) is 0 Å². The molecule has 1 aromatic rings. The molecule has 0 aliphatic carbocycles. The third-order valence-corrected chi connectivity index (χ3v) is 3.22. The van der Waals surface area contributed by atoms with E-state index in [-0.39, 0.29) is 5.97 Å². The quantitative estimate of drug-likeness (QED) is 0.494. The van der Waals surface area contributed by atoms with E-state index in [0.29, 0.717) is 5.56 Å². The predicted molar refractivity (Wildman–Crippen MR) is 81.2 cm³/mol. The summed E-state index contributed by atoms with van der Waals surface area (Å²) in [5.41, 5.74) is 0.550. The lowest BCUT2D eigenvalue weighted by atomic mass is 10.0. The summed E-state index contributed by atoms with van der Waals surface area (Å²) in [7, 11) is 1.38. The first-order valence-corrected chi connectivity index (χ1v) is 7.44. The Bertz CT molecular complexity index is 382. The number of unbranched alkanes of at least 4 members (excludes halogenated alkanes) is 3. The fourth-order valence-electron chi connectivity index (χ4n) is 2.00. The Balaban J connectivity index is 2.14. The molecule has 0 amide bonds. The van der Waals surface area contributed by atoms with E-state index in [1.165, 1.54) is 32.8 Å². The first kappa shape index (κ1) is 16.5. The van der Waals surface area contributed by atoms with Gasteiger partial charge in [-0.25, -0.2) is 4.79 Å². The van der Waals surface area contributed by atoms with Crippen molar-refractivity contribution >= 4 is 5.97 Å². The van der Waals surface area contributed by atoms with Crippen LogP contribution in [0.2, 0.25) is 0 Å². The number of benzene rings is 1. The zero-order valence-electron chi connectivity index (χ0n) is 12.9. The largest absolute Gasteiger partial charge is 0.494 e. The highest BCUT2D eigenvalue weighted by molar-refractivity contribution is 5.89. The fourth-order valence-corrected chi connectivity index (χ4v) is 2.00. The molecule has 0 heterocycles. The van der Waals surface area contributed by atoms with Crippen molar-refractivity contribution in [2.24, 2.45) is 5.92 Å². The lowest BCUT2D eigenvalue weighted by molar-refractivity contribution is 0.0600. The van der Waals surface area contributed by atoms with Crippen LogP contribution in [0.1, 0.15) is 56.3 Å². The van der Waals surface area contributed by atoms with Crippen LogP contribution in [-0.2, 0) is 4.74 Å². The highest BCUT2D eigenvalue weighted by atomic mass is 16.5. The number of methoxy groups -OCH3 is 1. The van der Waals surface area contributed by atoms with Gasteiger partial charge in [0.2, 0.25) is 0 Å². The summed E-state index contributed by atoms with van der Waals surface area (Å²) in [6, 6.07) is 7.07. The average Bonchev–Trinajstić information content (AvgIpc) is 2.45. The van der Waals surface area contributed by atoms with Crippen molar-refractivity contribution in [2.45, 2.75) is 46.0 Å². The molecule has 0 bridgehead atoms. The van der Waals surface area contributed by atoms with E-state index < -0.39 is 0 Å². The van der Waals surface area contributed by atoms with E-state index in [1.807, 2.05) is 12.1 Å². The molecule has 0 saturated heterocycles. The second kappa shape index (κ2) is 9.40. The Hall–Kier alpha value is -1.51. The minimum Gasteiger partial charge on any atom is -0.494 e. The first-order valence-electron chi connectivity index (χ1n) is 7.44. The Labute approximate surface area is 122 Å². The van der Waals surface area contributed by atoms with Crippen molar-refractivity contribution in [3.05, 3.63) is 29.8 Å². The van der Waals surface area contributed by atoms with Crippen LogP contribution in [0.15, 0.2) is 24.3 Å². The molecule has 0 fully saturated rings. The number of esters is 1. The van der Waals surface area contributed by atoms with E-state index in [9.17, 15) is 4.79 Å². The van der Waals surface area contributed by atoms with Gasteiger partial charge >= 0.3 is 5.97 Å². The van der Waals surface area contributed by atoms with Gasteiger partial charge in [0, 0.05) is 0 Å². The van der Waals surface area contributed by atoms with Gasteiger partial charge in [0.1, 0.15) is 5.75 Å². The molecule has 0 atom stereocenters. The van der Waals surface area contributed by atoms with Crippen LogP contribution in [0, 0.1) is 5.92 Å². The molecule has 3 nitrogen and oxygen atoms in total. The number of ether oxygens (including phenoxy) is 2. The Morgan fingerprint density at radius 1 is 1.05 bits per heavy atom. The van der Waals surface area contributed by atoms with Gasteiger partial charge in [0.15, 0.2) is 0 Å². The van der Waals surface area contributed by atoms with Crippen molar-refractivity contribution in [3.8, 4) is 5.75 Å². The summed E-state index contributed by atoms with van der Waals surface area (Å²) >= 11 is 0. The molecule has 3 heteroatoms. The molecule has 0 N–H and O–H groups in total.